The number of carbonyl (C=O) groups is 1. The van der Waals surface area contributed by atoms with E-state index >= 15 is 0 Å². The number of aromatic nitrogens is 2. The van der Waals surface area contributed by atoms with Crippen molar-refractivity contribution in [3.63, 3.8) is 0 Å². The van der Waals surface area contributed by atoms with Gasteiger partial charge < -0.3 is 4.74 Å². The fourth-order valence-electron chi connectivity index (χ4n) is 2.43. The minimum absolute atomic E-state index is 0.225. The maximum absolute atomic E-state index is 12.1. The Balaban J connectivity index is 2.19. The minimum Gasteiger partial charge on any atom is -0.497 e. The molecule has 1 amide bonds. The van der Waals surface area contributed by atoms with E-state index in [4.69, 9.17) is 22.2 Å². The lowest BCUT2D eigenvalue weighted by Crippen LogP contribution is -2.30. The van der Waals surface area contributed by atoms with Gasteiger partial charge in [-0.2, -0.15) is 0 Å². The quantitative estimate of drug-likeness (QED) is 0.434. The molecule has 3 rings (SSSR count). The number of benzene rings is 2. The van der Waals surface area contributed by atoms with Gasteiger partial charge in [-0.3, -0.25) is 14.8 Å². The van der Waals surface area contributed by atoms with Crippen molar-refractivity contribution < 1.29 is 9.53 Å². The molecule has 0 spiro atoms. The molecule has 1 aromatic heterocycles. The zero-order valence-electron chi connectivity index (χ0n) is 12.9. The number of hydrazine groups is 1. The van der Waals surface area contributed by atoms with Gasteiger partial charge in [-0.15, -0.1) is 0 Å². The summed E-state index contributed by atoms with van der Waals surface area (Å²) in [7, 11) is 1.60. The Bertz CT molecular complexity index is 875. The Morgan fingerprint density at radius 2 is 2.00 bits per heavy atom. The Kier molecular flexibility index (Phi) is 4.50. The number of nitrogens with zero attached hydrogens (tertiary/aromatic N) is 2. The molecule has 0 bridgehead atoms. The molecule has 7 heteroatoms. The summed E-state index contributed by atoms with van der Waals surface area (Å²) in [5.74, 6) is 5.53. The van der Waals surface area contributed by atoms with Crippen LogP contribution in [0.25, 0.3) is 16.9 Å². The van der Waals surface area contributed by atoms with Crippen LogP contribution >= 0.6 is 11.6 Å². The van der Waals surface area contributed by atoms with E-state index in [2.05, 4.69) is 10.4 Å². The van der Waals surface area contributed by atoms with E-state index in [1.54, 1.807) is 30.1 Å². The smallest absolute Gasteiger partial charge is 0.286 e. The number of carbonyl (C=O) groups excluding carboxylic acids is 1. The molecule has 0 radical (unpaired) electrons. The van der Waals surface area contributed by atoms with Crippen molar-refractivity contribution in [2.45, 2.75) is 0 Å². The lowest BCUT2D eigenvalue weighted by atomic mass is 10.1. The molecule has 3 aromatic rings. The summed E-state index contributed by atoms with van der Waals surface area (Å²) in [6.45, 7) is 0. The van der Waals surface area contributed by atoms with Crippen LogP contribution in [0.4, 0.5) is 0 Å². The van der Waals surface area contributed by atoms with E-state index < -0.39 is 5.91 Å². The third kappa shape index (κ3) is 2.97. The maximum atomic E-state index is 12.1. The predicted molar refractivity (Wildman–Crippen MR) is 92.2 cm³/mol. The van der Waals surface area contributed by atoms with Crippen LogP contribution in [0.3, 0.4) is 0 Å². The molecular formula is C17H15ClN4O2. The van der Waals surface area contributed by atoms with Crippen LogP contribution in [-0.4, -0.2) is 22.6 Å². The van der Waals surface area contributed by atoms with Gasteiger partial charge in [-0.1, -0.05) is 17.7 Å². The first-order valence-electron chi connectivity index (χ1n) is 7.12. The topological polar surface area (TPSA) is 82.2 Å². The fraction of sp³-hybridized carbons (Fsp3) is 0.0588. The largest absolute Gasteiger partial charge is 0.497 e. The van der Waals surface area contributed by atoms with Gasteiger partial charge >= 0.3 is 0 Å². The number of nitrogen functional groups attached to an aromatic ring is 1. The zero-order chi connectivity index (χ0) is 17.1. The highest BCUT2D eigenvalue weighted by Gasteiger charge is 2.20. The number of amides is 1. The van der Waals surface area contributed by atoms with Crippen molar-refractivity contribution in [3.05, 3.63) is 65.6 Å². The summed E-state index contributed by atoms with van der Waals surface area (Å²) in [4.78, 5) is 16.3. The minimum atomic E-state index is -0.471. The van der Waals surface area contributed by atoms with Crippen molar-refractivity contribution in [2.24, 2.45) is 5.84 Å². The number of hydrogen-bond donors (Lipinski definition) is 2. The molecule has 0 saturated carbocycles. The average Bonchev–Trinajstić information content (AvgIpc) is 3.06. The van der Waals surface area contributed by atoms with E-state index in [0.717, 1.165) is 17.0 Å². The van der Waals surface area contributed by atoms with Gasteiger partial charge in [0.25, 0.3) is 5.91 Å². The summed E-state index contributed by atoms with van der Waals surface area (Å²) in [6.07, 6.45) is 1.57. The standard InChI is InChI=1S/C17H15ClN4O2/c1-24-14-7-5-11(6-8-14)16-15(17(23)21-19)20-10-22(16)13-4-2-3-12(18)9-13/h2-10H,19H2,1H3,(H,21,23). The normalized spacial score (nSPS) is 10.5. The second-order valence-corrected chi connectivity index (χ2v) is 5.43. The Morgan fingerprint density at radius 3 is 2.62 bits per heavy atom. The van der Waals surface area contributed by atoms with E-state index in [0.29, 0.717) is 10.7 Å². The molecule has 122 valence electrons. The summed E-state index contributed by atoms with van der Waals surface area (Å²) in [5.41, 5.74) is 4.55. The molecule has 0 aliphatic rings. The van der Waals surface area contributed by atoms with Gasteiger partial charge in [-0.25, -0.2) is 10.8 Å². The van der Waals surface area contributed by atoms with Gasteiger partial charge in [0.1, 0.15) is 12.1 Å². The Labute approximate surface area is 143 Å². The van der Waals surface area contributed by atoms with Gasteiger partial charge in [0.15, 0.2) is 5.69 Å². The number of ether oxygens (including phenoxy) is 1. The van der Waals surface area contributed by atoms with Crippen LogP contribution in [0.2, 0.25) is 5.02 Å². The Morgan fingerprint density at radius 1 is 1.25 bits per heavy atom. The van der Waals surface area contributed by atoms with Crippen molar-refractivity contribution in [2.75, 3.05) is 7.11 Å². The molecule has 6 nitrogen and oxygen atoms in total. The highest BCUT2D eigenvalue weighted by Crippen LogP contribution is 2.29. The number of nitrogens with two attached hydrogens (primary N) is 1. The molecule has 3 N–H and O–H groups in total. The lowest BCUT2D eigenvalue weighted by Gasteiger charge is -2.11. The first-order chi connectivity index (χ1) is 11.6. The van der Waals surface area contributed by atoms with E-state index in [-0.39, 0.29) is 5.69 Å². The molecule has 0 saturated heterocycles. The zero-order valence-corrected chi connectivity index (χ0v) is 13.6. The third-order valence-corrected chi connectivity index (χ3v) is 3.80. The van der Waals surface area contributed by atoms with Gasteiger partial charge in [-0.05, 0) is 42.5 Å². The molecule has 0 unspecified atom stereocenters. The molecule has 0 fully saturated rings. The van der Waals surface area contributed by atoms with Crippen molar-refractivity contribution in [3.8, 4) is 22.7 Å². The number of nitrogens with one attached hydrogen (secondary N) is 1. The second-order valence-electron chi connectivity index (χ2n) is 4.99. The fourth-order valence-corrected chi connectivity index (χ4v) is 2.61. The summed E-state index contributed by atoms with van der Waals surface area (Å²) in [5, 5.41) is 0.590. The monoisotopic (exact) mass is 342 g/mol. The first-order valence-corrected chi connectivity index (χ1v) is 7.50. The second kappa shape index (κ2) is 6.74. The van der Waals surface area contributed by atoms with Gasteiger partial charge in [0.2, 0.25) is 0 Å². The van der Waals surface area contributed by atoms with Crippen LogP contribution < -0.4 is 16.0 Å². The number of methoxy groups -OCH3 is 1. The van der Waals surface area contributed by atoms with E-state index in [1.165, 1.54) is 0 Å². The van der Waals surface area contributed by atoms with Crippen molar-refractivity contribution >= 4 is 17.5 Å². The van der Waals surface area contributed by atoms with Gasteiger partial charge in [0, 0.05) is 16.3 Å². The molecular weight excluding hydrogens is 328 g/mol. The SMILES string of the molecule is COc1ccc(-c2c(C(=O)NN)ncn2-c2cccc(Cl)c2)cc1. The molecule has 24 heavy (non-hydrogen) atoms. The van der Waals surface area contributed by atoms with Gasteiger partial charge in [0.05, 0.1) is 12.8 Å². The van der Waals surface area contributed by atoms with Crippen molar-refractivity contribution in [1.82, 2.24) is 15.0 Å². The highest BCUT2D eigenvalue weighted by molar-refractivity contribution is 6.30. The van der Waals surface area contributed by atoms with Crippen LogP contribution in [-0.2, 0) is 0 Å². The predicted octanol–water partition coefficient (Wildman–Crippen LogP) is 2.80. The Hall–Kier alpha value is -2.83. The average molecular weight is 343 g/mol. The third-order valence-electron chi connectivity index (χ3n) is 3.56. The number of imidazole rings is 1. The number of halogens is 1. The summed E-state index contributed by atoms with van der Waals surface area (Å²) >= 11 is 6.08. The summed E-state index contributed by atoms with van der Waals surface area (Å²) < 4.78 is 6.97. The maximum Gasteiger partial charge on any atom is 0.286 e. The van der Waals surface area contributed by atoms with E-state index in [9.17, 15) is 4.79 Å². The van der Waals surface area contributed by atoms with E-state index in [1.807, 2.05) is 36.4 Å². The van der Waals surface area contributed by atoms with Crippen LogP contribution in [0, 0.1) is 0 Å². The van der Waals surface area contributed by atoms with Crippen LogP contribution in [0.5, 0.6) is 5.75 Å². The first kappa shape index (κ1) is 16.0. The van der Waals surface area contributed by atoms with Crippen molar-refractivity contribution in [1.29, 1.82) is 0 Å². The number of hydrogen-bond acceptors (Lipinski definition) is 4. The number of rotatable bonds is 4. The molecule has 0 atom stereocenters. The summed E-state index contributed by atoms with van der Waals surface area (Å²) in [6, 6.07) is 14.6. The molecule has 2 aromatic carbocycles. The lowest BCUT2D eigenvalue weighted by molar-refractivity contribution is 0.0950. The highest BCUT2D eigenvalue weighted by atomic mass is 35.5. The molecule has 0 aliphatic heterocycles. The van der Waals surface area contributed by atoms with Crippen LogP contribution in [0.15, 0.2) is 54.9 Å². The van der Waals surface area contributed by atoms with Crippen LogP contribution in [0.1, 0.15) is 10.5 Å². The molecule has 1 heterocycles. The molecule has 0 aliphatic carbocycles.